The molecular formula is C7H12NNaO7P2. The third-order valence-electron chi connectivity index (χ3n) is 1.98. The van der Waals surface area contributed by atoms with Crippen molar-refractivity contribution in [1.29, 1.82) is 0 Å². The van der Waals surface area contributed by atoms with Gasteiger partial charge in [-0.1, -0.05) is 6.07 Å². The van der Waals surface area contributed by atoms with E-state index in [4.69, 9.17) is 19.6 Å². The van der Waals surface area contributed by atoms with Gasteiger partial charge in [0, 0.05) is 6.20 Å². The van der Waals surface area contributed by atoms with Gasteiger partial charge in [0.1, 0.15) is 5.66 Å². The van der Waals surface area contributed by atoms with E-state index in [0.717, 1.165) is 0 Å². The number of aliphatic hydroxyl groups is 1. The van der Waals surface area contributed by atoms with Crippen LogP contribution in [0.5, 0.6) is 0 Å². The van der Waals surface area contributed by atoms with Crippen LogP contribution in [-0.4, -0.2) is 65.1 Å². The summed E-state index contributed by atoms with van der Waals surface area (Å²) in [5.41, 5.74) is -2.33. The molecule has 0 radical (unpaired) electrons. The van der Waals surface area contributed by atoms with E-state index in [0.29, 0.717) is 0 Å². The molecule has 8 nitrogen and oxygen atoms in total. The van der Waals surface area contributed by atoms with E-state index >= 15 is 0 Å². The second kappa shape index (κ2) is 6.72. The fourth-order valence-corrected chi connectivity index (χ4v) is 3.64. The topological polar surface area (TPSA) is 148 Å². The summed E-state index contributed by atoms with van der Waals surface area (Å²) in [5.74, 6) is -2.50. The van der Waals surface area contributed by atoms with Crippen LogP contribution in [0.1, 0.15) is 11.4 Å². The van der Waals surface area contributed by atoms with Gasteiger partial charge >= 0.3 is 44.7 Å². The van der Waals surface area contributed by atoms with Crippen LogP contribution in [0.4, 0.5) is 0 Å². The van der Waals surface area contributed by atoms with Gasteiger partial charge in [0.2, 0.25) is 0 Å². The number of pyridine rings is 1. The first kappa shape index (κ1) is 18.4. The van der Waals surface area contributed by atoms with Crippen molar-refractivity contribution < 1.29 is 33.8 Å². The Kier molecular flexibility index (Phi) is 6.87. The first-order valence-corrected chi connectivity index (χ1v) is 7.70. The number of aliphatic hydroxyl groups excluding tert-OH is 1. The minimum atomic E-state index is -5.05. The van der Waals surface area contributed by atoms with Gasteiger partial charge in [-0.05, 0) is 12.1 Å². The summed E-state index contributed by atoms with van der Waals surface area (Å²) >= 11 is 0. The van der Waals surface area contributed by atoms with Crippen LogP contribution in [0.3, 0.4) is 0 Å². The molecule has 0 aliphatic heterocycles. The van der Waals surface area contributed by atoms with Crippen molar-refractivity contribution in [3.05, 3.63) is 30.1 Å². The molecule has 11 heteroatoms. The summed E-state index contributed by atoms with van der Waals surface area (Å²) in [5, 5.41) is 9.34. The quantitative estimate of drug-likeness (QED) is 0.357. The summed E-state index contributed by atoms with van der Waals surface area (Å²) in [6, 6.07) is 4.02. The molecule has 0 saturated heterocycles. The second-order valence-electron chi connectivity index (χ2n) is 3.29. The fraction of sp³-hybridized carbons (Fsp3) is 0.286. The summed E-state index contributed by atoms with van der Waals surface area (Å²) < 4.78 is 22.0. The average Bonchev–Trinajstić information content (AvgIpc) is 2.15. The molecule has 2 atom stereocenters. The van der Waals surface area contributed by atoms with Gasteiger partial charge in [-0.15, -0.1) is 0 Å². The number of hydrogen-bond acceptors (Lipinski definition) is 4. The van der Waals surface area contributed by atoms with Crippen LogP contribution in [0.2, 0.25) is 0 Å². The summed E-state index contributed by atoms with van der Waals surface area (Å²) in [7, 11) is -10.0. The molecule has 1 rings (SSSR count). The predicted octanol–water partition coefficient (Wildman–Crippen LogP) is -0.852. The van der Waals surface area contributed by atoms with Crippen LogP contribution in [0.15, 0.2) is 24.4 Å². The normalized spacial score (nSPS) is 15.6. The number of hydrogen-bond donors (Lipinski definition) is 5. The van der Waals surface area contributed by atoms with Crippen molar-refractivity contribution in [2.45, 2.75) is 11.5 Å². The van der Waals surface area contributed by atoms with Crippen molar-refractivity contribution in [2.75, 3.05) is 0 Å². The number of rotatable bonds is 4. The molecule has 0 aliphatic rings. The van der Waals surface area contributed by atoms with Gasteiger partial charge in [-0.2, -0.15) is 0 Å². The SMILES string of the molecule is O=P(O)(O)C(O)C(c1ccccn1)P(=O)(O)O.[NaH]. The molecule has 2 unspecified atom stereocenters. The molecule has 0 amide bonds. The zero-order valence-electron chi connectivity index (χ0n) is 8.36. The van der Waals surface area contributed by atoms with E-state index in [9.17, 15) is 14.2 Å². The minimum absolute atomic E-state index is 0. The van der Waals surface area contributed by atoms with Crippen molar-refractivity contribution in [3.8, 4) is 0 Å². The van der Waals surface area contributed by atoms with Gasteiger partial charge < -0.3 is 24.7 Å². The monoisotopic (exact) mass is 307 g/mol. The van der Waals surface area contributed by atoms with E-state index in [1.165, 1.54) is 24.4 Å². The van der Waals surface area contributed by atoms with Gasteiger partial charge in [0.15, 0.2) is 5.85 Å². The van der Waals surface area contributed by atoms with Gasteiger partial charge in [-0.3, -0.25) is 14.1 Å². The molecule has 0 bridgehead atoms. The predicted molar refractivity (Wildman–Crippen MR) is 64.2 cm³/mol. The van der Waals surface area contributed by atoms with Crippen LogP contribution >= 0.6 is 15.2 Å². The summed E-state index contributed by atoms with van der Waals surface area (Å²) in [6.45, 7) is 0. The van der Waals surface area contributed by atoms with Crippen molar-refractivity contribution in [1.82, 2.24) is 4.98 Å². The Labute approximate surface area is 125 Å². The van der Waals surface area contributed by atoms with E-state index in [2.05, 4.69) is 4.98 Å². The fourth-order valence-electron chi connectivity index (χ4n) is 1.23. The number of nitrogens with zero attached hydrogens (tertiary/aromatic N) is 1. The second-order valence-corrected chi connectivity index (χ2v) is 6.73. The Morgan fingerprint density at radius 1 is 1.06 bits per heavy atom. The molecule has 18 heavy (non-hydrogen) atoms. The first-order chi connectivity index (χ1) is 7.64. The molecule has 0 aliphatic carbocycles. The molecule has 0 fully saturated rings. The molecule has 0 spiro atoms. The van der Waals surface area contributed by atoms with Crippen molar-refractivity contribution in [3.63, 3.8) is 0 Å². The number of aromatic nitrogens is 1. The molecule has 0 saturated carbocycles. The average molecular weight is 307 g/mol. The summed E-state index contributed by atoms with van der Waals surface area (Å²) in [4.78, 5) is 39.2. The van der Waals surface area contributed by atoms with E-state index in [1.54, 1.807) is 0 Å². The molecule has 5 N–H and O–H groups in total. The zero-order valence-corrected chi connectivity index (χ0v) is 10.1. The molecule has 1 aromatic heterocycles. The van der Waals surface area contributed by atoms with E-state index in [-0.39, 0.29) is 35.3 Å². The van der Waals surface area contributed by atoms with Crippen LogP contribution < -0.4 is 0 Å². The van der Waals surface area contributed by atoms with Gasteiger partial charge in [0.05, 0.1) is 5.69 Å². The Morgan fingerprint density at radius 2 is 1.61 bits per heavy atom. The third kappa shape index (κ3) is 4.83. The van der Waals surface area contributed by atoms with Crippen molar-refractivity contribution in [2.24, 2.45) is 0 Å². The molecule has 1 aromatic rings. The first-order valence-electron chi connectivity index (χ1n) is 4.33. The molecule has 98 valence electrons. The van der Waals surface area contributed by atoms with E-state index in [1.807, 2.05) is 0 Å². The van der Waals surface area contributed by atoms with Gasteiger partial charge in [-0.25, -0.2) is 0 Å². The Bertz CT molecular complexity index is 472. The van der Waals surface area contributed by atoms with Gasteiger partial charge in [0.25, 0.3) is 0 Å². The van der Waals surface area contributed by atoms with Crippen LogP contribution in [0, 0.1) is 0 Å². The Morgan fingerprint density at radius 3 is 1.94 bits per heavy atom. The van der Waals surface area contributed by atoms with Crippen molar-refractivity contribution >= 4 is 44.7 Å². The van der Waals surface area contributed by atoms with Crippen LogP contribution in [-0.2, 0) is 9.13 Å². The molecule has 0 aromatic carbocycles. The Balaban J connectivity index is 0.00000289. The maximum atomic E-state index is 11.2. The maximum absolute atomic E-state index is 11.2. The van der Waals surface area contributed by atoms with Crippen LogP contribution in [0.25, 0.3) is 0 Å². The molecule has 1 heterocycles. The zero-order chi connectivity index (χ0) is 13.3. The molecular weight excluding hydrogens is 295 g/mol. The standard InChI is InChI=1S/C7H11NO7P2.Na.H/c9-7(17(13,14)15)6(16(10,11)12)5-3-1-2-4-8-5;;/h1-4,6-7,9H,(H2,10,11,12)(H2,13,14,15);;. The summed E-state index contributed by atoms with van der Waals surface area (Å²) in [6.07, 6.45) is 1.20. The van der Waals surface area contributed by atoms with E-state index < -0.39 is 26.7 Å². The Hall–Kier alpha value is 0.410. The third-order valence-corrected chi connectivity index (χ3v) is 4.47.